The molecule has 2 aromatic heterocycles. The van der Waals surface area contributed by atoms with E-state index in [-0.39, 0.29) is 5.43 Å². The summed E-state index contributed by atoms with van der Waals surface area (Å²) in [6.45, 7) is 6.19. The van der Waals surface area contributed by atoms with E-state index in [4.69, 9.17) is 0 Å². The van der Waals surface area contributed by atoms with Gasteiger partial charge in [-0.3, -0.25) is 9.78 Å². The Kier molecular flexibility index (Phi) is 2.77. The lowest BCUT2D eigenvalue weighted by Gasteiger charge is -2.07. The van der Waals surface area contributed by atoms with Crippen LogP contribution in [0.2, 0.25) is 0 Å². The first-order chi connectivity index (χ1) is 7.61. The van der Waals surface area contributed by atoms with Gasteiger partial charge in [0, 0.05) is 23.7 Å². The Morgan fingerprint density at radius 3 is 2.75 bits per heavy atom. The van der Waals surface area contributed by atoms with Gasteiger partial charge < -0.3 is 4.98 Å². The first-order valence-electron chi connectivity index (χ1n) is 5.63. The van der Waals surface area contributed by atoms with Crippen molar-refractivity contribution in [2.45, 2.75) is 33.1 Å². The summed E-state index contributed by atoms with van der Waals surface area (Å²) in [4.78, 5) is 19.4. The van der Waals surface area contributed by atoms with E-state index in [2.05, 4.69) is 30.7 Å². The number of aromatic nitrogens is 2. The van der Waals surface area contributed by atoms with Gasteiger partial charge in [0.25, 0.3) is 0 Å². The van der Waals surface area contributed by atoms with Crippen LogP contribution in [0.4, 0.5) is 0 Å². The van der Waals surface area contributed by atoms with Crippen molar-refractivity contribution in [2.75, 3.05) is 0 Å². The largest absolute Gasteiger partial charge is 0.358 e. The lowest BCUT2D eigenvalue weighted by atomic mass is 10.1. The quantitative estimate of drug-likeness (QED) is 0.838. The number of pyridine rings is 2. The van der Waals surface area contributed by atoms with Gasteiger partial charge in [0.2, 0.25) is 0 Å². The topological polar surface area (TPSA) is 45.8 Å². The van der Waals surface area contributed by atoms with Crippen LogP contribution in [0.1, 0.15) is 38.1 Å². The van der Waals surface area contributed by atoms with Gasteiger partial charge in [0.1, 0.15) is 0 Å². The number of H-pyrrole nitrogens is 1. The van der Waals surface area contributed by atoms with Gasteiger partial charge >= 0.3 is 0 Å². The summed E-state index contributed by atoms with van der Waals surface area (Å²) in [5, 5.41) is 0.668. The fraction of sp³-hybridized carbons (Fsp3) is 0.385. The molecule has 1 N–H and O–H groups in total. The zero-order chi connectivity index (χ0) is 11.7. The van der Waals surface area contributed by atoms with E-state index in [1.54, 1.807) is 12.3 Å². The number of aromatic amines is 1. The summed E-state index contributed by atoms with van der Waals surface area (Å²) in [7, 11) is 0. The van der Waals surface area contributed by atoms with Crippen LogP contribution in [-0.4, -0.2) is 9.97 Å². The maximum absolute atomic E-state index is 11.8. The van der Waals surface area contributed by atoms with E-state index in [9.17, 15) is 4.79 Å². The molecule has 0 aromatic carbocycles. The molecule has 0 atom stereocenters. The third-order valence-corrected chi connectivity index (χ3v) is 2.78. The van der Waals surface area contributed by atoms with Gasteiger partial charge in [-0.25, -0.2) is 0 Å². The van der Waals surface area contributed by atoms with Crippen molar-refractivity contribution in [1.29, 1.82) is 0 Å². The van der Waals surface area contributed by atoms with Gasteiger partial charge in [-0.2, -0.15) is 0 Å². The molecule has 0 aliphatic heterocycles. The summed E-state index contributed by atoms with van der Waals surface area (Å²) in [5.41, 5.74) is 2.92. The van der Waals surface area contributed by atoms with Gasteiger partial charge in [-0.15, -0.1) is 0 Å². The maximum atomic E-state index is 11.8. The van der Waals surface area contributed by atoms with Gasteiger partial charge in [0.15, 0.2) is 5.43 Å². The highest BCUT2D eigenvalue weighted by Crippen LogP contribution is 2.14. The molecule has 0 aliphatic carbocycles. The van der Waals surface area contributed by atoms with E-state index in [0.717, 1.165) is 23.3 Å². The van der Waals surface area contributed by atoms with Gasteiger partial charge in [-0.05, 0) is 18.4 Å². The summed E-state index contributed by atoms with van der Waals surface area (Å²) >= 11 is 0. The third kappa shape index (κ3) is 1.85. The van der Waals surface area contributed by atoms with Crippen molar-refractivity contribution in [3.8, 4) is 0 Å². The fourth-order valence-electron chi connectivity index (χ4n) is 1.71. The molecule has 0 bridgehead atoms. The van der Waals surface area contributed by atoms with Crippen molar-refractivity contribution in [1.82, 2.24) is 9.97 Å². The molecule has 3 heteroatoms. The molecule has 2 rings (SSSR count). The average molecular weight is 216 g/mol. The number of aryl methyl sites for hydroxylation is 1. The minimum absolute atomic E-state index is 0.0487. The molecule has 16 heavy (non-hydrogen) atoms. The molecule has 0 spiro atoms. The highest BCUT2D eigenvalue weighted by atomic mass is 16.1. The van der Waals surface area contributed by atoms with Gasteiger partial charge in [-0.1, -0.05) is 20.8 Å². The van der Waals surface area contributed by atoms with Crippen LogP contribution in [0.25, 0.3) is 10.9 Å². The van der Waals surface area contributed by atoms with Crippen LogP contribution < -0.4 is 5.43 Å². The highest BCUT2D eigenvalue weighted by Gasteiger charge is 2.06. The molecule has 0 saturated heterocycles. The minimum Gasteiger partial charge on any atom is -0.358 e. The second-order valence-corrected chi connectivity index (χ2v) is 4.32. The Morgan fingerprint density at radius 1 is 1.38 bits per heavy atom. The van der Waals surface area contributed by atoms with E-state index in [1.807, 2.05) is 6.07 Å². The summed E-state index contributed by atoms with van der Waals surface area (Å²) in [5.74, 6) is 0.329. The highest BCUT2D eigenvalue weighted by molar-refractivity contribution is 5.77. The molecule has 0 radical (unpaired) electrons. The van der Waals surface area contributed by atoms with E-state index in [1.165, 1.54) is 0 Å². The maximum Gasteiger partial charge on any atom is 0.191 e. The number of hydrogen-bond acceptors (Lipinski definition) is 2. The smallest absolute Gasteiger partial charge is 0.191 e. The lowest BCUT2D eigenvalue weighted by molar-refractivity contribution is 0.827. The lowest BCUT2D eigenvalue weighted by Crippen LogP contribution is -2.07. The zero-order valence-corrected chi connectivity index (χ0v) is 9.87. The molecule has 0 aliphatic rings. The SMILES string of the molecule is CCc1cc2[nH]c(C(C)C)cc(=O)c2cn1. The Morgan fingerprint density at radius 2 is 2.12 bits per heavy atom. The average Bonchev–Trinajstić information content (AvgIpc) is 2.28. The van der Waals surface area contributed by atoms with Crippen LogP contribution in [-0.2, 0) is 6.42 Å². The van der Waals surface area contributed by atoms with Gasteiger partial charge in [0.05, 0.1) is 10.9 Å². The molecule has 2 heterocycles. The van der Waals surface area contributed by atoms with Crippen molar-refractivity contribution >= 4 is 10.9 Å². The van der Waals surface area contributed by atoms with Crippen molar-refractivity contribution in [3.05, 3.63) is 39.9 Å². The molecule has 0 unspecified atom stereocenters. The van der Waals surface area contributed by atoms with Crippen LogP contribution in [0, 0.1) is 0 Å². The Balaban J connectivity index is 2.73. The van der Waals surface area contributed by atoms with Crippen LogP contribution in [0.3, 0.4) is 0 Å². The van der Waals surface area contributed by atoms with Crippen molar-refractivity contribution < 1.29 is 0 Å². The summed E-state index contributed by atoms with van der Waals surface area (Å²) < 4.78 is 0. The summed E-state index contributed by atoms with van der Waals surface area (Å²) in [6.07, 6.45) is 2.54. The van der Waals surface area contributed by atoms with Crippen molar-refractivity contribution in [2.24, 2.45) is 0 Å². The second-order valence-electron chi connectivity index (χ2n) is 4.32. The minimum atomic E-state index is 0.0487. The fourth-order valence-corrected chi connectivity index (χ4v) is 1.71. The number of nitrogens with one attached hydrogen (secondary N) is 1. The van der Waals surface area contributed by atoms with Crippen molar-refractivity contribution in [3.63, 3.8) is 0 Å². The van der Waals surface area contributed by atoms with Crippen LogP contribution in [0.5, 0.6) is 0 Å². The standard InChI is InChI=1S/C13H16N2O/c1-4-9-5-12-10(7-14-9)13(16)6-11(15-12)8(2)3/h5-8H,4H2,1-3H3,(H,15,16). The third-order valence-electron chi connectivity index (χ3n) is 2.78. The zero-order valence-electron chi connectivity index (χ0n) is 9.87. The molecule has 84 valence electrons. The molecule has 0 amide bonds. The second kappa shape index (κ2) is 4.08. The predicted molar refractivity (Wildman–Crippen MR) is 65.8 cm³/mol. The molecular formula is C13H16N2O. The molecule has 3 nitrogen and oxygen atoms in total. The molecule has 0 fully saturated rings. The normalized spacial score (nSPS) is 11.2. The Bertz CT molecular complexity index is 570. The van der Waals surface area contributed by atoms with E-state index < -0.39 is 0 Å². The monoisotopic (exact) mass is 216 g/mol. The summed E-state index contributed by atoms with van der Waals surface area (Å²) in [6, 6.07) is 3.63. The number of rotatable bonds is 2. The molecular weight excluding hydrogens is 200 g/mol. The molecule has 2 aromatic rings. The first kappa shape index (κ1) is 10.9. The predicted octanol–water partition coefficient (Wildman–Crippen LogP) is 2.61. The van der Waals surface area contributed by atoms with Crippen LogP contribution >= 0.6 is 0 Å². The number of hydrogen-bond donors (Lipinski definition) is 1. The van der Waals surface area contributed by atoms with Crippen LogP contribution in [0.15, 0.2) is 23.1 Å². The Hall–Kier alpha value is -1.64. The number of nitrogens with zero attached hydrogens (tertiary/aromatic N) is 1. The molecule has 0 saturated carbocycles. The van der Waals surface area contributed by atoms with E-state index >= 15 is 0 Å². The first-order valence-corrected chi connectivity index (χ1v) is 5.63. The van der Waals surface area contributed by atoms with E-state index in [0.29, 0.717) is 11.3 Å². The number of fused-ring (bicyclic) bond motifs is 1. The Labute approximate surface area is 94.5 Å².